The zero-order valence-electron chi connectivity index (χ0n) is 21.6. The predicted molar refractivity (Wildman–Crippen MR) is 150 cm³/mol. The smallest absolute Gasteiger partial charge is 0.344 e. The minimum absolute atomic E-state index is 0.0141. The highest BCUT2D eigenvalue weighted by atomic mass is 32.1. The summed E-state index contributed by atoms with van der Waals surface area (Å²) in [4.78, 5) is 41.5. The van der Waals surface area contributed by atoms with E-state index in [0.29, 0.717) is 34.2 Å². The van der Waals surface area contributed by atoms with Gasteiger partial charge in [0.1, 0.15) is 22.8 Å². The van der Waals surface area contributed by atoms with Crippen LogP contribution in [0.15, 0.2) is 78.4 Å². The van der Waals surface area contributed by atoms with Crippen LogP contribution in [0, 0.1) is 0 Å². The van der Waals surface area contributed by atoms with Crippen LogP contribution in [0.3, 0.4) is 0 Å². The molecule has 3 aromatic rings. The molecule has 0 aliphatic carbocycles. The van der Waals surface area contributed by atoms with Crippen LogP contribution in [0.1, 0.15) is 12.5 Å². The molecule has 0 aromatic heterocycles. The van der Waals surface area contributed by atoms with E-state index in [1.165, 1.54) is 15.9 Å². The van der Waals surface area contributed by atoms with Crippen LogP contribution in [0.4, 0.5) is 11.4 Å². The van der Waals surface area contributed by atoms with E-state index in [-0.39, 0.29) is 23.9 Å². The highest BCUT2D eigenvalue weighted by Crippen LogP contribution is 2.31. The van der Waals surface area contributed by atoms with Crippen LogP contribution in [0.2, 0.25) is 0 Å². The number of hydrogen-bond donors (Lipinski definition) is 0. The van der Waals surface area contributed by atoms with Crippen molar-refractivity contribution in [2.75, 3.05) is 37.2 Å². The fourth-order valence-electron chi connectivity index (χ4n) is 3.82. The number of hydrogen-bond acceptors (Lipinski definition) is 8. The number of amides is 2. The van der Waals surface area contributed by atoms with Crippen molar-refractivity contribution in [2.24, 2.45) is 0 Å². The first-order valence-electron chi connectivity index (χ1n) is 12.0. The number of thiocarbonyl (C=S) groups is 1. The lowest BCUT2D eigenvalue weighted by molar-refractivity contribution is -0.145. The molecule has 0 unspecified atom stereocenters. The van der Waals surface area contributed by atoms with Crippen LogP contribution in [-0.4, -0.2) is 50.3 Å². The highest BCUT2D eigenvalue weighted by molar-refractivity contribution is 7.81. The molecular formula is C29H26N2O7S. The Morgan fingerprint density at radius 1 is 0.769 bits per heavy atom. The molecule has 10 heteroatoms. The summed E-state index contributed by atoms with van der Waals surface area (Å²) in [7, 11) is 3.09. The Labute approximate surface area is 231 Å². The summed E-state index contributed by atoms with van der Waals surface area (Å²) in [5.74, 6) is 0.0457. The number of methoxy groups -OCH3 is 2. The molecular weight excluding hydrogens is 520 g/mol. The van der Waals surface area contributed by atoms with Gasteiger partial charge in [-0.25, -0.2) is 4.79 Å². The van der Waals surface area contributed by atoms with E-state index >= 15 is 0 Å². The van der Waals surface area contributed by atoms with Gasteiger partial charge in [-0.1, -0.05) is 12.1 Å². The van der Waals surface area contributed by atoms with Gasteiger partial charge in [0.25, 0.3) is 11.8 Å². The lowest BCUT2D eigenvalue weighted by Gasteiger charge is -2.36. The second-order valence-corrected chi connectivity index (χ2v) is 8.55. The Morgan fingerprint density at radius 3 is 1.67 bits per heavy atom. The molecule has 0 spiro atoms. The summed E-state index contributed by atoms with van der Waals surface area (Å²) in [6.07, 6.45) is 1.49. The van der Waals surface area contributed by atoms with E-state index in [0.717, 1.165) is 0 Å². The number of ether oxygens (including phenoxy) is 4. The van der Waals surface area contributed by atoms with Crippen molar-refractivity contribution < 1.29 is 33.3 Å². The number of anilines is 2. The molecule has 0 atom stereocenters. The Hall–Kier alpha value is -4.70. The van der Waals surface area contributed by atoms with Crippen LogP contribution >= 0.6 is 12.2 Å². The molecule has 9 nitrogen and oxygen atoms in total. The van der Waals surface area contributed by atoms with Gasteiger partial charge >= 0.3 is 5.97 Å². The SMILES string of the molecule is CCOC(=O)COc1ccc(C=C2C(=O)N(c3ccc(OC)cc3)C(=S)N(c3ccc(OC)cc3)C2=O)cc1. The molecule has 4 rings (SSSR count). The normalized spacial score (nSPS) is 13.3. The maximum atomic E-state index is 13.7. The maximum absolute atomic E-state index is 13.7. The zero-order valence-corrected chi connectivity index (χ0v) is 22.4. The lowest BCUT2D eigenvalue weighted by Crippen LogP contribution is -2.56. The molecule has 3 aromatic carbocycles. The molecule has 1 aliphatic heterocycles. The van der Waals surface area contributed by atoms with Crippen molar-refractivity contribution in [1.29, 1.82) is 0 Å². The van der Waals surface area contributed by atoms with E-state index in [4.69, 9.17) is 31.2 Å². The average molecular weight is 547 g/mol. The summed E-state index contributed by atoms with van der Waals surface area (Å²) < 4.78 is 20.7. The largest absolute Gasteiger partial charge is 0.497 e. The molecule has 1 heterocycles. The lowest BCUT2D eigenvalue weighted by atomic mass is 10.0. The van der Waals surface area contributed by atoms with Crippen LogP contribution in [-0.2, 0) is 19.1 Å². The van der Waals surface area contributed by atoms with Crippen molar-refractivity contribution in [3.05, 3.63) is 83.9 Å². The Bertz CT molecular complexity index is 1330. The van der Waals surface area contributed by atoms with E-state index in [9.17, 15) is 14.4 Å². The van der Waals surface area contributed by atoms with Gasteiger partial charge in [0.2, 0.25) is 0 Å². The van der Waals surface area contributed by atoms with E-state index in [2.05, 4.69) is 0 Å². The minimum Gasteiger partial charge on any atom is -0.497 e. The second-order valence-electron chi connectivity index (χ2n) is 8.18. The van der Waals surface area contributed by atoms with E-state index in [1.807, 2.05) is 0 Å². The standard InChI is InChI=1S/C29H26N2O7S/c1-4-37-26(32)18-38-24-11-5-19(6-12-24)17-25-27(33)30(20-7-13-22(35-2)14-8-20)29(39)31(28(25)34)21-9-15-23(36-3)16-10-21/h5-17H,4,18H2,1-3H3. The van der Waals surface area contributed by atoms with Gasteiger partial charge in [-0.05, 0) is 91.4 Å². The van der Waals surface area contributed by atoms with Gasteiger partial charge in [0.15, 0.2) is 11.7 Å². The zero-order chi connectivity index (χ0) is 27.9. The van der Waals surface area contributed by atoms with Crippen LogP contribution < -0.4 is 24.0 Å². The minimum atomic E-state index is -0.567. The van der Waals surface area contributed by atoms with Gasteiger partial charge in [-0.2, -0.15) is 0 Å². The van der Waals surface area contributed by atoms with Gasteiger partial charge in [-0.15, -0.1) is 0 Å². The number of esters is 1. The number of nitrogens with zero attached hydrogens (tertiary/aromatic N) is 2. The van der Waals surface area contributed by atoms with Crippen molar-refractivity contribution in [3.63, 3.8) is 0 Å². The van der Waals surface area contributed by atoms with Crippen molar-refractivity contribution in [1.82, 2.24) is 0 Å². The monoisotopic (exact) mass is 546 g/mol. The fraction of sp³-hybridized carbons (Fsp3) is 0.172. The van der Waals surface area contributed by atoms with Crippen molar-refractivity contribution >= 4 is 52.6 Å². The Kier molecular flexibility index (Phi) is 8.57. The number of carbonyl (C=O) groups is 3. The average Bonchev–Trinajstić information content (AvgIpc) is 2.96. The Morgan fingerprint density at radius 2 is 1.23 bits per heavy atom. The first kappa shape index (κ1) is 27.3. The topological polar surface area (TPSA) is 94.6 Å². The summed E-state index contributed by atoms with van der Waals surface area (Å²) in [5, 5.41) is 0.0141. The van der Waals surface area contributed by atoms with Gasteiger partial charge in [-0.3, -0.25) is 19.4 Å². The first-order valence-corrected chi connectivity index (χ1v) is 12.4. The number of benzene rings is 3. The molecule has 2 amide bonds. The summed E-state index contributed by atoms with van der Waals surface area (Å²) >= 11 is 5.66. The fourth-order valence-corrected chi connectivity index (χ4v) is 4.20. The van der Waals surface area contributed by atoms with Crippen LogP contribution in [0.25, 0.3) is 6.08 Å². The third kappa shape index (κ3) is 6.07. The molecule has 0 radical (unpaired) electrons. The molecule has 0 N–H and O–H groups in total. The molecule has 200 valence electrons. The number of carbonyl (C=O) groups excluding carboxylic acids is 3. The van der Waals surface area contributed by atoms with Crippen molar-refractivity contribution in [3.8, 4) is 17.2 Å². The quantitative estimate of drug-likeness (QED) is 0.169. The molecule has 1 aliphatic rings. The summed E-state index contributed by atoms with van der Waals surface area (Å²) in [6.45, 7) is 1.75. The van der Waals surface area contributed by atoms with Crippen LogP contribution in [0.5, 0.6) is 17.2 Å². The summed E-state index contributed by atoms with van der Waals surface area (Å²) in [5.41, 5.74) is 1.44. The third-order valence-corrected chi connectivity index (χ3v) is 6.13. The number of rotatable bonds is 9. The predicted octanol–water partition coefficient (Wildman–Crippen LogP) is 4.39. The maximum Gasteiger partial charge on any atom is 0.344 e. The second kappa shape index (κ2) is 12.2. The van der Waals surface area contributed by atoms with Gasteiger partial charge in [0.05, 0.1) is 32.2 Å². The molecule has 0 saturated carbocycles. The molecule has 1 saturated heterocycles. The van der Waals surface area contributed by atoms with Gasteiger partial charge < -0.3 is 18.9 Å². The molecule has 1 fully saturated rings. The van der Waals surface area contributed by atoms with E-state index < -0.39 is 17.8 Å². The first-order chi connectivity index (χ1) is 18.9. The summed E-state index contributed by atoms with van der Waals surface area (Å²) in [6, 6.07) is 20.2. The third-order valence-electron chi connectivity index (χ3n) is 5.76. The van der Waals surface area contributed by atoms with E-state index in [1.54, 1.807) is 93.9 Å². The highest BCUT2D eigenvalue weighted by Gasteiger charge is 2.41. The van der Waals surface area contributed by atoms with Gasteiger partial charge in [0, 0.05) is 0 Å². The van der Waals surface area contributed by atoms with Crippen molar-refractivity contribution in [2.45, 2.75) is 6.92 Å². The Balaban J connectivity index is 1.70. The molecule has 39 heavy (non-hydrogen) atoms. The molecule has 0 bridgehead atoms.